The number of methoxy groups -OCH3 is 1. The lowest BCUT2D eigenvalue weighted by molar-refractivity contribution is -0.147. The molecule has 3 rings (SSSR count). The topological polar surface area (TPSA) is 58.6 Å². The second-order valence-electron chi connectivity index (χ2n) is 5.48. The van der Waals surface area contributed by atoms with Gasteiger partial charge in [0.05, 0.1) is 20.2 Å². The number of piperazine rings is 1. The van der Waals surface area contributed by atoms with Gasteiger partial charge in [0.1, 0.15) is 11.8 Å². The summed E-state index contributed by atoms with van der Waals surface area (Å²) in [6, 6.07) is 4.94. The van der Waals surface area contributed by atoms with E-state index in [-0.39, 0.29) is 30.3 Å². The van der Waals surface area contributed by atoms with Gasteiger partial charge >= 0.3 is 0 Å². The highest BCUT2D eigenvalue weighted by atomic mass is 35.5. The van der Waals surface area contributed by atoms with Crippen LogP contribution in [0.4, 0.5) is 0 Å². The number of rotatable bonds is 4. The smallest absolute Gasteiger partial charge is 0.243 e. The minimum atomic E-state index is -0.366. The van der Waals surface area contributed by atoms with Crippen LogP contribution >= 0.6 is 11.6 Å². The average molecular weight is 309 g/mol. The molecule has 1 unspecified atom stereocenters. The quantitative estimate of drug-likeness (QED) is 0.919. The third-order valence-corrected chi connectivity index (χ3v) is 4.23. The Hall–Kier alpha value is -1.75. The van der Waals surface area contributed by atoms with E-state index in [2.05, 4.69) is 5.32 Å². The molecule has 1 aliphatic heterocycles. The van der Waals surface area contributed by atoms with E-state index in [9.17, 15) is 9.59 Å². The number of carbonyl (C=O) groups is 2. The van der Waals surface area contributed by atoms with Gasteiger partial charge in [0.2, 0.25) is 11.8 Å². The fraction of sp³-hybridized carbons (Fsp3) is 0.467. The van der Waals surface area contributed by atoms with Crippen molar-refractivity contribution in [3.8, 4) is 5.75 Å². The molecule has 1 atom stereocenters. The van der Waals surface area contributed by atoms with Crippen molar-refractivity contribution in [1.82, 2.24) is 10.2 Å². The Morgan fingerprint density at radius 3 is 2.81 bits per heavy atom. The molecule has 0 radical (unpaired) electrons. The Bertz CT molecular complexity index is 586. The maximum atomic E-state index is 12.2. The number of hydrogen-bond acceptors (Lipinski definition) is 3. The lowest BCUT2D eigenvalue weighted by Crippen LogP contribution is -2.58. The van der Waals surface area contributed by atoms with E-state index in [1.165, 1.54) is 0 Å². The van der Waals surface area contributed by atoms with Gasteiger partial charge in [-0.2, -0.15) is 0 Å². The van der Waals surface area contributed by atoms with Gasteiger partial charge in [0.15, 0.2) is 0 Å². The van der Waals surface area contributed by atoms with Gasteiger partial charge in [-0.15, -0.1) is 0 Å². The van der Waals surface area contributed by atoms with Crippen molar-refractivity contribution >= 4 is 23.4 Å². The van der Waals surface area contributed by atoms with E-state index in [4.69, 9.17) is 16.3 Å². The Balaban J connectivity index is 1.88. The van der Waals surface area contributed by atoms with E-state index >= 15 is 0 Å². The normalized spacial score (nSPS) is 22.2. The minimum absolute atomic E-state index is 0.0573. The highest BCUT2D eigenvalue weighted by molar-refractivity contribution is 6.30. The molecular weight excluding hydrogens is 292 g/mol. The third-order valence-electron chi connectivity index (χ3n) is 3.99. The largest absolute Gasteiger partial charge is 0.496 e. The molecule has 1 aliphatic carbocycles. The predicted molar refractivity (Wildman–Crippen MR) is 78.1 cm³/mol. The van der Waals surface area contributed by atoms with Gasteiger partial charge in [-0.3, -0.25) is 9.59 Å². The Morgan fingerprint density at radius 1 is 1.38 bits per heavy atom. The van der Waals surface area contributed by atoms with Crippen LogP contribution in [0, 0.1) is 5.92 Å². The molecule has 2 aliphatic rings. The third kappa shape index (κ3) is 2.83. The fourth-order valence-electron chi connectivity index (χ4n) is 2.79. The molecule has 112 valence electrons. The fourth-order valence-corrected chi connectivity index (χ4v) is 2.98. The van der Waals surface area contributed by atoms with Crippen molar-refractivity contribution in [2.45, 2.75) is 25.4 Å². The van der Waals surface area contributed by atoms with Gasteiger partial charge in [-0.25, -0.2) is 0 Å². The van der Waals surface area contributed by atoms with E-state index < -0.39 is 0 Å². The molecule has 0 aromatic heterocycles. The van der Waals surface area contributed by atoms with Crippen molar-refractivity contribution < 1.29 is 14.3 Å². The van der Waals surface area contributed by atoms with Crippen LogP contribution in [0.25, 0.3) is 0 Å². The Labute approximate surface area is 128 Å². The lowest BCUT2D eigenvalue weighted by atomic mass is 10.1. The molecule has 1 saturated carbocycles. The van der Waals surface area contributed by atoms with Crippen LogP contribution in [0.3, 0.4) is 0 Å². The second-order valence-corrected chi connectivity index (χ2v) is 5.91. The maximum Gasteiger partial charge on any atom is 0.243 e. The molecule has 2 amide bonds. The van der Waals surface area contributed by atoms with Gasteiger partial charge < -0.3 is 15.0 Å². The number of halogens is 1. The first-order valence-corrected chi connectivity index (χ1v) is 7.37. The first kappa shape index (κ1) is 14.2. The molecule has 1 aromatic rings. The zero-order valence-electron chi connectivity index (χ0n) is 11.8. The molecule has 5 nitrogen and oxygen atoms in total. The van der Waals surface area contributed by atoms with E-state index in [1.807, 2.05) is 0 Å². The van der Waals surface area contributed by atoms with Crippen molar-refractivity contribution in [3.05, 3.63) is 28.8 Å². The number of nitrogens with one attached hydrogen (secondary N) is 1. The summed E-state index contributed by atoms with van der Waals surface area (Å²) in [6.45, 7) is 0.405. The first-order chi connectivity index (χ1) is 10.1. The molecule has 1 aromatic carbocycles. The highest BCUT2D eigenvalue weighted by Crippen LogP contribution is 2.37. The molecule has 1 N–H and O–H groups in total. The van der Waals surface area contributed by atoms with Crippen LogP contribution in [0.15, 0.2) is 18.2 Å². The molecule has 6 heteroatoms. The predicted octanol–water partition coefficient (Wildman–Crippen LogP) is 1.59. The number of carbonyl (C=O) groups excluding carboxylic acids is 2. The Kier molecular flexibility index (Phi) is 3.76. The lowest BCUT2D eigenvalue weighted by Gasteiger charge is -2.35. The summed E-state index contributed by atoms with van der Waals surface area (Å²) >= 11 is 6.03. The monoisotopic (exact) mass is 308 g/mol. The number of amides is 2. The van der Waals surface area contributed by atoms with Crippen LogP contribution < -0.4 is 10.1 Å². The average Bonchev–Trinajstić information content (AvgIpc) is 3.28. The first-order valence-electron chi connectivity index (χ1n) is 6.99. The van der Waals surface area contributed by atoms with E-state index in [0.29, 0.717) is 17.3 Å². The van der Waals surface area contributed by atoms with E-state index in [1.54, 1.807) is 30.2 Å². The van der Waals surface area contributed by atoms with Crippen LogP contribution in [0.2, 0.25) is 5.02 Å². The van der Waals surface area contributed by atoms with Crippen molar-refractivity contribution in [1.29, 1.82) is 0 Å². The number of benzene rings is 1. The maximum absolute atomic E-state index is 12.2. The molecule has 0 spiro atoms. The van der Waals surface area contributed by atoms with Crippen molar-refractivity contribution in [2.24, 2.45) is 5.92 Å². The highest BCUT2D eigenvalue weighted by Gasteiger charge is 2.44. The molecule has 21 heavy (non-hydrogen) atoms. The minimum Gasteiger partial charge on any atom is -0.496 e. The summed E-state index contributed by atoms with van der Waals surface area (Å²) in [5, 5.41) is 3.26. The Morgan fingerprint density at radius 2 is 2.14 bits per heavy atom. The number of hydrogen-bond donors (Lipinski definition) is 1. The summed E-state index contributed by atoms with van der Waals surface area (Å²) in [4.78, 5) is 25.9. The number of ether oxygens (including phenoxy) is 1. The molecule has 0 bridgehead atoms. The van der Waals surface area contributed by atoms with Crippen LogP contribution in [-0.2, 0) is 16.1 Å². The van der Waals surface area contributed by atoms with Crippen LogP contribution in [-0.4, -0.2) is 36.4 Å². The zero-order valence-corrected chi connectivity index (χ0v) is 12.5. The van der Waals surface area contributed by atoms with Gasteiger partial charge in [0, 0.05) is 10.6 Å². The van der Waals surface area contributed by atoms with Gasteiger partial charge in [0.25, 0.3) is 0 Å². The summed E-state index contributed by atoms with van der Waals surface area (Å²) in [7, 11) is 1.58. The SMILES string of the molecule is COc1ccc(Cl)cc1CN1C(=O)CNC(=O)C1C1CC1. The summed E-state index contributed by atoms with van der Waals surface area (Å²) in [6.07, 6.45) is 1.99. The van der Waals surface area contributed by atoms with Crippen molar-refractivity contribution in [2.75, 3.05) is 13.7 Å². The number of nitrogens with zero attached hydrogens (tertiary/aromatic N) is 1. The van der Waals surface area contributed by atoms with Crippen LogP contribution in [0.1, 0.15) is 18.4 Å². The summed E-state index contributed by atoms with van der Waals surface area (Å²) < 4.78 is 5.32. The summed E-state index contributed by atoms with van der Waals surface area (Å²) in [5.41, 5.74) is 0.818. The van der Waals surface area contributed by atoms with Gasteiger partial charge in [-0.05, 0) is 37.0 Å². The van der Waals surface area contributed by atoms with Gasteiger partial charge in [-0.1, -0.05) is 11.6 Å². The van der Waals surface area contributed by atoms with Crippen LogP contribution in [0.5, 0.6) is 5.75 Å². The summed E-state index contributed by atoms with van der Waals surface area (Å²) in [5.74, 6) is 0.832. The van der Waals surface area contributed by atoms with Crippen molar-refractivity contribution in [3.63, 3.8) is 0 Å². The molecule has 1 saturated heterocycles. The molecule has 2 fully saturated rings. The molecule has 1 heterocycles. The molecular formula is C15H17ClN2O3. The zero-order chi connectivity index (χ0) is 15.0. The second kappa shape index (κ2) is 5.56. The van der Waals surface area contributed by atoms with E-state index in [0.717, 1.165) is 18.4 Å². The standard InChI is InChI=1S/C15H17ClN2O3/c1-21-12-5-4-11(16)6-10(12)8-18-13(19)7-17-15(20)14(18)9-2-3-9/h4-6,9,14H,2-3,7-8H2,1H3,(H,17,20).